The van der Waals surface area contributed by atoms with Gasteiger partial charge in [-0.3, -0.25) is 0 Å². The van der Waals surface area contributed by atoms with Gasteiger partial charge in [0, 0.05) is 0 Å². The first-order valence-electron chi connectivity index (χ1n) is 20.3. The van der Waals surface area contributed by atoms with Gasteiger partial charge in [0.2, 0.25) is 0 Å². The molecule has 0 unspecified atom stereocenters. The number of unbranched alkanes of at least 4 members (excludes halogenated alkanes) is 13. The fraction of sp³-hybridized carbons (Fsp3) is 0.320. The Morgan fingerprint density at radius 2 is 0.593 bits per heavy atom. The SMILES string of the molecule is O=C(OCCCCCCCCCCCCCCCCOC(=O)c1ccc2ccc3cccc4ccc1c2c34)c1ccc2ccc3cccc4ccc1c2c34. The summed E-state index contributed by atoms with van der Waals surface area (Å²) in [7, 11) is 0. The first-order chi connectivity index (χ1) is 26.7. The van der Waals surface area contributed by atoms with Crippen LogP contribution in [0, 0.1) is 0 Å². The van der Waals surface area contributed by atoms with Gasteiger partial charge in [0.15, 0.2) is 0 Å². The zero-order valence-electron chi connectivity index (χ0n) is 31.3. The van der Waals surface area contributed by atoms with E-state index in [1.165, 1.54) is 96.5 Å². The number of esters is 2. The Kier molecular flexibility index (Phi) is 11.2. The molecule has 0 saturated carbocycles. The van der Waals surface area contributed by atoms with Crippen molar-refractivity contribution < 1.29 is 19.1 Å². The summed E-state index contributed by atoms with van der Waals surface area (Å²) >= 11 is 0. The first-order valence-corrected chi connectivity index (χ1v) is 20.3. The average molecular weight is 715 g/mol. The molecule has 8 aromatic rings. The summed E-state index contributed by atoms with van der Waals surface area (Å²) in [6.07, 6.45) is 16.8. The van der Waals surface area contributed by atoms with E-state index < -0.39 is 0 Å². The maximum atomic E-state index is 13.1. The van der Waals surface area contributed by atoms with Gasteiger partial charge in [0.25, 0.3) is 0 Å². The van der Waals surface area contributed by atoms with Crippen molar-refractivity contribution in [2.24, 2.45) is 0 Å². The van der Waals surface area contributed by atoms with Crippen LogP contribution in [-0.4, -0.2) is 25.2 Å². The van der Waals surface area contributed by atoms with Gasteiger partial charge in [-0.05, 0) is 89.6 Å². The molecular formula is C50H50O4. The lowest BCUT2D eigenvalue weighted by Gasteiger charge is -2.13. The smallest absolute Gasteiger partial charge is 0.338 e. The minimum Gasteiger partial charge on any atom is -0.462 e. The lowest BCUT2D eigenvalue weighted by molar-refractivity contribution is 0.0490. The molecule has 0 atom stereocenters. The highest BCUT2D eigenvalue weighted by Crippen LogP contribution is 2.37. The van der Waals surface area contributed by atoms with Crippen molar-refractivity contribution in [2.75, 3.05) is 13.2 Å². The van der Waals surface area contributed by atoms with E-state index in [0.29, 0.717) is 24.3 Å². The molecular weight excluding hydrogens is 665 g/mol. The summed E-state index contributed by atoms with van der Waals surface area (Å²) < 4.78 is 11.5. The third kappa shape index (κ3) is 7.57. The van der Waals surface area contributed by atoms with Crippen LogP contribution >= 0.6 is 0 Å². The first kappa shape index (κ1) is 35.8. The molecule has 0 spiro atoms. The molecule has 4 heteroatoms. The summed E-state index contributed by atoms with van der Waals surface area (Å²) in [6, 6.07) is 37.6. The molecule has 4 nitrogen and oxygen atoms in total. The third-order valence-corrected chi connectivity index (χ3v) is 11.5. The molecule has 0 fully saturated rings. The Morgan fingerprint density at radius 1 is 0.315 bits per heavy atom. The number of hydrogen-bond donors (Lipinski definition) is 0. The van der Waals surface area contributed by atoms with Crippen LogP contribution in [0.15, 0.2) is 109 Å². The van der Waals surface area contributed by atoms with Gasteiger partial charge in [-0.25, -0.2) is 9.59 Å². The number of ether oxygens (including phenoxy) is 2. The number of rotatable bonds is 19. The molecule has 8 rings (SSSR count). The number of hydrogen-bond acceptors (Lipinski definition) is 4. The van der Waals surface area contributed by atoms with Gasteiger partial charge in [0.1, 0.15) is 0 Å². The van der Waals surface area contributed by atoms with Crippen LogP contribution in [0.4, 0.5) is 0 Å². The van der Waals surface area contributed by atoms with Crippen molar-refractivity contribution in [1.29, 1.82) is 0 Å². The van der Waals surface area contributed by atoms with Crippen LogP contribution in [0.5, 0.6) is 0 Å². The van der Waals surface area contributed by atoms with E-state index in [2.05, 4.69) is 84.9 Å². The molecule has 0 aliphatic rings. The molecule has 0 N–H and O–H groups in total. The Bertz CT molecular complexity index is 2300. The Balaban J connectivity index is 0.642. The summed E-state index contributed by atoms with van der Waals surface area (Å²) in [5, 5.41) is 13.9. The van der Waals surface area contributed by atoms with Crippen LogP contribution in [-0.2, 0) is 9.47 Å². The fourth-order valence-corrected chi connectivity index (χ4v) is 8.64. The minimum atomic E-state index is -0.217. The van der Waals surface area contributed by atoms with Crippen LogP contribution in [0.1, 0.15) is 111 Å². The number of carbonyl (C=O) groups is 2. The molecule has 0 radical (unpaired) electrons. The van der Waals surface area contributed by atoms with Crippen molar-refractivity contribution in [3.05, 3.63) is 120 Å². The zero-order valence-corrected chi connectivity index (χ0v) is 31.3. The van der Waals surface area contributed by atoms with Crippen molar-refractivity contribution in [1.82, 2.24) is 0 Å². The zero-order chi connectivity index (χ0) is 36.7. The largest absolute Gasteiger partial charge is 0.462 e. The highest BCUT2D eigenvalue weighted by molar-refractivity contribution is 6.27. The van der Waals surface area contributed by atoms with Crippen molar-refractivity contribution in [3.8, 4) is 0 Å². The van der Waals surface area contributed by atoms with E-state index in [4.69, 9.17) is 9.47 Å². The molecule has 8 aromatic carbocycles. The van der Waals surface area contributed by atoms with Crippen LogP contribution < -0.4 is 0 Å². The van der Waals surface area contributed by atoms with Crippen molar-refractivity contribution in [3.63, 3.8) is 0 Å². The van der Waals surface area contributed by atoms with Crippen molar-refractivity contribution in [2.45, 2.75) is 89.9 Å². The Labute approximate surface area is 318 Å². The molecule has 0 heterocycles. The molecule has 274 valence electrons. The predicted octanol–water partition coefficient (Wildman–Crippen LogP) is 14.0. The Hall–Kier alpha value is -5.22. The molecule has 0 aliphatic carbocycles. The molecule has 0 bridgehead atoms. The molecule has 0 aliphatic heterocycles. The van der Waals surface area contributed by atoms with Gasteiger partial charge in [-0.2, -0.15) is 0 Å². The maximum Gasteiger partial charge on any atom is 0.338 e. The highest BCUT2D eigenvalue weighted by Gasteiger charge is 2.17. The van der Waals surface area contributed by atoms with E-state index in [-0.39, 0.29) is 11.9 Å². The van der Waals surface area contributed by atoms with E-state index >= 15 is 0 Å². The molecule has 0 aromatic heterocycles. The quantitative estimate of drug-likeness (QED) is 0.0475. The van der Waals surface area contributed by atoms with E-state index in [0.717, 1.165) is 58.0 Å². The minimum absolute atomic E-state index is 0.217. The third-order valence-electron chi connectivity index (χ3n) is 11.5. The summed E-state index contributed by atoms with van der Waals surface area (Å²) in [4.78, 5) is 26.1. The van der Waals surface area contributed by atoms with E-state index in [9.17, 15) is 9.59 Å². The highest BCUT2D eigenvalue weighted by atomic mass is 16.5. The monoisotopic (exact) mass is 714 g/mol. The van der Waals surface area contributed by atoms with Crippen LogP contribution in [0.3, 0.4) is 0 Å². The van der Waals surface area contributed by atoms with Crippen molar-refractivity contribution >= 4 is 76.6 Å². The summed E-state index contributed by atoms with van der Waals surface area (Å²) in [6.45, 7) is 0.961. The fourth-order valence-electron chi connectivity index (χ4n) is 8.64. The number of carbonyl (C=O) groups excluding carboxylic acids is 2. The van der Waals surface area contributed by atoms with Gasteiger partial charge >= 0.3 is 11.9 Å². The lowest BCUT2D eigenvalue weighted by atomic mass is 9.92. The topological polar surface area (TPSA) is 52.6 Å². The average Bonchev–Trinajstić information content (AvgIpc) is 3.21. The number of benzene rings is 8. The summed E-state index contributed by atoms with van der Waals surface area (Å²) in [5.41, 5.74) is 1.33. The van der Waals surface area contributed by atoms with Gasteiger partial charge in [-0.15, -0.1) is 0 Å². The van der Waals surface area contributed by atoms with Crippen LogP contribution in [0.2, 0.25) is 0 Å². The second kappa shape index (κ2) is 16.8. The standard InChI is InChI=1S/C50H50O4/c51-49(43-31-27-39-23-21-35-17-15-19-37-25-29-41(43)47(39)45(35)37)53-33-13-11-9-7-5-3-1-2-4-6-8-10-12-14-34-54-50(52)44-32-28-40-24-22-36-18-16-20-38-26-30-42(44)48(40)46(36)38/h15-32H,1-14,33-34H2. The molecule has 0 saturated heterocycles. The maximum absolute atomic E-state index is 13.1. The molecule has 54 heavy (non-hydrogen) atoms. The molecule has 0 amide bonds. The van der Waals surface area contributed by atoms with Gasteiger partial charge < -0.3 is 9.47 Å². The predicted molar refractivity (Wildman–Crippen MR) is 225 cm³/mol. The van der Waals surface area contributed by atoms with E-state index in [1.54, 1.807) is 0 Å². The van der Waals surface area contributed by atoms with Gasteiger partial charge in [0.05, 0.1) is 24.3 Å². The van der Waals surface area contributed by atoms with Gasteiger partial charge in [-0.1, -0.05) is 174 Å². The lowest BCUT2D eigenvalue weighted by Crippen LogP contribution is -2.07. The summed E-state index contributed by atoms with van der Waals surface area (Å²) in [5.74, 6) is -0.435. The van der Waals surface area contributed by atoms with Crippen LogP contribution in [0.25, 0.3) is 64.6 Å². The second-order valence-electron chi connectivity index (χ2n) is 15.2. The normalized spacial score (nSPS) is 11.9. The Morgan fingerprint density at radius 3 is 0.944 bits per heavy atom. The van der Waals surface area contributed by atoms with E-state index in [1.807, 2.05) is 24.3 Å². The second-order valence-corrected chi connectivity index (χ2v) is 15.2.